The molecule has 0 aromatic carbocycles. The molecule has 0 fully saturated rings. The van der Waals surface area contributed by atoms with E-state index in [0.717, 1.165) is 5.57 Å². The molecule has 0 aromatic heterocycles. The highest BCUT2D eigenvalue weighted by atomic mass is 14.7. The van der Waals surface area contributed by atoms with Crippen molar-refractivity contribution in [3.8, 4) is 0 Å². The number of allylic oxidation sites excluding steroid dienone is 2. The van der Waals surface area contributed by atoms with Crippen molar-refractivity contribution >= 4 is 11.7 Å². The average Bonchev–Trinajstić information content (AvgIpc) is 1.84. The summed E-state index contributed by atoms with van der Waals surface area (Å²) in [5, 5.41) is 0. The third-order valence-corrected chi connectivity index (χ3v) is 1.38. The molecular formula is C9H10N2. The van der Waals surface area contributed by atoms with Gasteiger partial charge in [-0.2, -0.15) is 0 Å². The molecule has 0 aromatic rings. The summed E-state index contributed by atoms with van der Waals surface area (Å²) in [6, 6.07) is 0. The van der Waals surface area contributed by atoms with Crippen LogP contribution in [0, 0.1) is 5.92 Å². The van der Waals surface area contributed by atoms with E-state index in [2.05, 4.69) is 35.6 Å². The van der Waals surface area contributed by atoms with Gasteiger partial charge in [0, 0.05) is 18.1 Å². The van der Waals surface area contributed by atoms with E-state index in [0.29, 0.717) is 5.92 Å². The Morgan fingerprint density at radius 1 is 1.27 bits per heavy atom. The van der Waals surface area contributed by atoms with E-state index in [-0.39, 0.29) is 0 Å². The van der Waals surface area contributed by atoms with Crippen molar-refractivity contribution in [1.82, 2.24) is 0 Å². The lowest BCUT2D eigenvalue weighted by Gasteiger charge is -2.01. The lowest BCUT2D eigenvalue weighted by Crippen LogP contribution is -1.90. The number of aliphatic imine (C=N–C) groups is 2. The standard InChI is InChI=1S/C9H10N2/c1-8(2)9-3-4-10-5-6-11-7-9/h3,5,7-8H,1-2H3/b9-7+. The van der Waals surface area contributed by atoms with Crippen LogP contribution in [0.1, 0.15) is 13.8 Å². The van der Waals surface area contributed by atoms with Gasteiger partial charge in [-0.1, -0.05) is 13.8 Å². The van der Waals surface area contributed by atoms with Gasteiger partial charge in [0.1, 0.15) is 0 Å². The van der Waals surface area contributed by atoms with Crippen molar-refractivity contribution in [2.24, 2.45) is 15.9 Å². The Balaban J connectivity index is 2.98. The van der Waals surface area contributed by atoms with Gasteiger partial charge in [-0.05, 0) is 17.4 Å². The van der Waals surface area contributed by atoms with Crippen LogP contribution in [0.4, 0.5) is 0 Å². The maximum Gasteiger partial charge on any atom is 0.0981 e. The van der Waals surface area contributed by atoms with E-state index in [1.54, 1.807) is 6.20 Å². The van der Waals surface area contributed by atoms with Gasteiger partial charge in [0.2, 0.25) is 0 Å². The highest BCUT2D eigenvalue weighted by Crippen LogP contribution is 2.09. The smallest absolute Gasteiger partial charge is 0.0981 e. The second-order valence-corrected chi connectivity index (χ2v) is 2.57. The second kappa shape index (κ2) is 3.72. The monoisotopic (exact) mass is 146 g/mol. The van der Waals surface area contributed by atoms with Crippen LogP contribution in [0.25, 0.3) is 0 Å². The predicted molar refractivity (Wildman–Crippen MR) is 46.9 cm³/mol. The Morgan fingerprint density at radius 3 is 2.82 bits per heavy atom. The fourth-order valence-corrected chi connectivity index (χ4v) is 0.676. The van der Waals surface area contributed by atoms with Crippen LogP contribution >= 0.6 is 0 Å². The Morgan fingerprint density at radius 2 is 2.09 bits per heavy atom. The van der Waals surface area contributed by atoms with E-state index in [1.165, 1.54) is 6.20 Å². The maximum absolute atomic E-state index is 3.90. The quantitative estimate of drug-likeness (QED) is 0.540. The van der Waals surface area contributed by atoms with Crippen LogP contribution in [-0.2, 0) is 0 Å². The summed E-state index contributed by atoms with van der Waals surface area (Å²) in [6.07, 6.45) is 5.11. The van der Waals surface area contributed by atoms with Crippen LogP contribution in [-0.4, -0.2) is 11.7 Å². The van der Waals surface area contributed by atoms with Gasteiger partial charge in [-0.3, -0.25) is 0 Å². The van der Waals surface area contributed by atoms with E-state index in [9.17, 15) is 0 Å². The molecule has 1 heterocycles. The summed E-state index contributed by atoms with van der Waals surface area (Å²) < 4.78 is 0. The zero-order valence-electron chi connectivity index (χ0n) is 6.70. The molecule has 1 aliphatic heterocycles. The van der Waals surface area contributed by atoms with Crippen molar-refractivity contribution in [1.29, 1.82) is 0 Å². The average molecular weight is 146 g/mol. The first kappa shape index (κ1) is 7.74. The fourth-order valence-electron chi connectivity index (χ4n) is 0.676. The Hall–Kier alpha value is -1.36. The van der Waals surface area contributed by atoms with Gasteiger partial charge in [0.25, 0.3) is 0 Å². The molecule has 2 heteroatoms. The van der Waals surface area contributed by atoms with Gasteiger partial charge in [0.15, 0.2) is 0 Å². The first-order valence-corrected chi connectivity index (χ1v) is 3.56. The minimum absolute atomic E-state index is 0.460. The molecule has 1 aliphatic rings. The van der Waals surface area contributed by atoms with Crippen molar-refractivity contribution in [2.75, 3.05) is 0 Å². The number of rotatable bonds is 1. The normalized spacial score (nSPS) is 19.7. The van der Waals surface area contributed by atoms with E-state index in [4.69, 9.17) is 0 Å². The third-order valence-electron chi connectivity index (χ3n) is 1.38. The molecule has 0 unspecified atom stereocenters. The van der Waals surface area contributed by atoms with Gasteiger partial charge >= 0.3 is 0 Å². The van der Waals surface area contributed by atoms with Crippen LogP contribution in [0.5, 0.6) is 0 Å². The molecule has 0 N–H and O–H groups in total. The van der Waals surface area contributed by atoms with Gasteiger partial charge < -0.3 is 0 Å². The Bertz CT molecular complexity index is 283. The number of hydrogen-bond donors (Lipinski definition) is 0. The summed E-state index contributed by atoms with van der Waals surface area (Å²) in [5.74, 6) is 5.88. The topological polar surface area (TPSA) is 24.7 Å². The Labute approximate surface area is 66.4 Å². The first-order chi connectivity index (χ1) is 5.30. The molecule has 0 spiro atoms. The molecule has 0 atom stereocenters. The van der Waals surface area contributed by atoms with Crippen LogP contribution < -0.4 is 0 Å². The minimum Gasteiger partial charge on any atom is -0.212 e. The minimum atomic E-state index is 0.460. The van der Waals surface area contributed by atoms with Gasteiger partial charge in [0.05, 0.1) is 6.20 Å². The fraction of sp³-hybridized carbons (Fsp3) is 0.333. The summed E-state index contributed by atoms with van der Waals surface area (Å²) in [7, 11) is 0. The molecule has 0 saturated carbocycles. The van der Waals surface area contributed by atoms with Crippen LogP contribution in [0.15, 0.2) is 34.0 Å². The molecule has 0 amide bonds. The predicted octanol–water partition coefficient (Wildman–Crippen LogP) is 1.95. The molecule has 56 valence electrons. The van der Waals surface area contributed by atoms with Crippen molar-refractivity contribution in [3.05, 3.63) is 24.0 Å². The zero-order chi connectivity index (χ0) is 8.10. The molecule has 1 rings (SSSR count). The summed E-state index contributed by atoms with van der Waals surface area (Å²) in [5.41, 5.74) is 1.12. The molecule has 0 saturated heterocycles. The molecule has 11 heavy (non-hydrogen) atoms. The van der Waals surface area contributed by atoms with Crippen LogP contribution in [0.3, 0.4) is 0 Å². The lowest BCUT2D eigenvalue weighted by atomic mass is 10.1. The Kier molecular flexibility index (Phi) is 2.62. The first-order valence-electron chi connectivity index (χ1n) is 3.56. The molecule has 0 bridgehead atoms. The molecular weight excluding hydrogens is 136 g/mol. The largest absolute Gasteiger partial charge is 0.212 e. The molecule has 0 aliphatic carbocycles. The van der Waals surface area contributed by atoms with E-state index < -0.39 is 0 Å². The summed E-state index contributed by atoms with van der Waals surface area (Å²) >= 11 is 0. The third kappa shape index (κ3) is 2.38. The van der Waals surface area contributed by atoms with Crippen molar-refractivity contribution in [2.45, 2.75) is 13.8 Å². The SMILES string of the molecule is CC(C)/C1=C/N=C=CN=C=C1. The highest BCUT2D eigenvalue weighted by Gasteiger charge is 1.97. The number of hydrogen-bond acceptors (Lipinski definition) is 2. The van der Waals surface area contributed by atoms with E-state index >= 15 is 0 Å². The van der Waals surface area contributed by atoms with E-state index in [1.807, 2.05) is 6.08 Å². The van der Waals surface area contributed by atoms with Crippen molar-refractivity contribution in [3.63, 3.8) is 0 Å². The lowest BCUT2D eigenvalue weighted by molar-refractivity contribution is 0.790. The number of nitrogens with zero attached hydrogens (tertiary/aromatic N) is 2. The maximum atomic E-state index is 3.90. The molecule has 2 nitrogen and oxygen atoms in total. The van der Waals surface area contributed by atoms with Crippen LogP contribution in [0.2, 0.25) is 0 Å². The molecule has 0 radical (unpaired) electrons. The second-order valence-electron chi connectivity index (χ2n) is 2.57. The van der Waals surface area contributed by atoms with Gasteiger partial charge in [-0.25, -0.2) is 9.98 Å². The van der Waals surface area contributed by atoms with Crippen molar-refractivity contribution < 1.29 is 0 Å². The summed E-state index contributed by atoms with van der Waals surface area (Å²) in [4.78, 5) is 7.69. The van der Waals surface area contributed by atoms with Gasteiger partial charge in [-0.15, -0.1) is 0 Å². The highest BCUT2D eigenvalue weighted by molar-refractivity contribution is 5.63. The summed E-state index contributed by atoms with van der Waals surface area (Å²) in [6.45, 7) is 4.20. The zero-order valence-corrected chi connectivity index (χ0v) is 6.70.